The minimum Gasteiger partial charge on any atom is -0.478 e. The van der Waals surface area contributed by atoms with E-state index in [1.54, 1.807) is 6.07 Å². The number of benzene rings is 1. The molecule has 1 rings (SSSR count). The first-order valence-electron chi connectivity index (χ1n) is 6.04. The number of nitrogens with zero attached hydrogens (tertiary/aromatic N) is 1. The monoisotopic (exact) mass is 235 g/mol. The Balaban J connectivity index is 2.98. The van der Waals surface area contributed by atoms with Gasteiger partial charge < -0.3 is 10.0 Å². The van der Waals surface area contributed by atoms with Crippen molar-refractivity contribution in [3.63, 3.8) is 0 Å². The van der Waals surface area contributed by atoms with Gasteiger partial charge in [0.25, 0.3) is 0 Å². The number of carboxylic acids is 1. The van der Waals surface area contributed by atoms with Crippen molar-refractivity contribution < 1.29 is 9.90 Å². The fourth-order valence-corrected chi connectivity index (χ4v) is 1.94. The molecular formula is C14H21NO2. The molecule has 3 heteroatoms. The second-order valence-electron chi connectivity index (χ2n) is 4.74. The summed E-state index contributed by atoms with van der Waals surface area (Å²) in [6, 6.07) is 5.54. The van der Waals surface area contributed by atoms with Crippen LogP contribution in [0.25, 0.3) is 0 Å². The van der Waals surface area contributed by atoms with Crippen LogP contribution in [0.5, 0.6) is 0 Å². The molecule has 0 bridgehead atoms. The number of carbonyl (C=O) groups is 1. The van der Waals surface area contributed by atoms with Crippen LogP contribution in [0.1, 0.15) is 36.7 Å². The average Bonchev–Trinajstić information content (AvgIpc) is 2.24. The van der Waals surface area contributed by atoms with Crippen LogP contribution in [0.3, 0.4) is 0 Å². The lowest BCUT2D eigenvalue weighted by Crippen LogP contribution is -2.27. The third-order valence-electron chi connectivity index (χ3n) is 2.77. The second-order valence-corrected chi connectivity index (χ2v) is 4.74. The molecule has 0 radical (unpaired) electrons. The molecule has 0 atom stereocenters. The molecule has 0 saturated heterocycles. The Bertz CT molecular complexity index is 399. The molecule has 0 spiro atoms. The molecule has 17 heavy (non-hydrogen) atoms. The van der Waals surface area contributed by atoms with E-state index in [0.29, 0.717) is 11.5 Å². The molecule has 0 aliphatic carbocycles. The van der Waals surface area contributed by atoms with Crippen LogP contribution in [0.4, 0.5) is 5.69 Å². The van der Waals surface area contributed by atoms with E-state index in [-0.39, 0.29) is 0 Å². The number of anilines is 1. The van der Waals surface area contributed by atoms with Gasteiger partial charge in [-0.15, -0.1) is 0 Å². The van der Waals surface area contributed by atoms with E-state index in [1.165, 1.54) is 0 Å². The Hall–Kier alpha value is -1.51. The van der Waals surface area contributed by atoms with E-state index >= 15 is 0 Å². The summed E-state index contributed by atoms with van der Waals surface area (Å²) < 4.78 is 0. The van der Waals surface area contributed by atoms with E-state index in [0.717, 1.165) is 24.3 Å². The smallest absolute Gasteiger partial charge is 0.335 e. The summed E-state index contributed by atoms with van der Waals surface area (Å²) in [4.78, 5) is 13.2. The van der Waals surface area contributed by atoms with Gasteiger partial charge in [-0.05, 0) is 43.5 Å². The molecule has 1 N–H and O–H groups in total. The first kappa shape index (κ1) is 13.6. The topological polar surface area (TPSA) is 40.5 Å². The third kappa shape index (κ3) is 3.48. The minimum absolute atomic E-state index is 0.384. The van der Waals surface area contributed by atoms with Crippen molar-refractivity contribution in [2.45, 2.75) is 27.7 Å². The molecule has 0 saturated carbocycles. The van der Waals surface area contributed by atoms with Crippen LogP contribution in [-0.2, 0) is 0 Å². The van der Waals surface area contributed by atoms with Crippen molar-refractivity contribution in [1.82, 2.24) is 0 Å². The van der Waals surface area contributed by atoms with Crippen molar-refractivity contribution in [1.29, 1.82) is 0 Å². The first-order valence-corrected chi connectivity index (χ1v) is 6.04. The van der Waals surface area contributed by atoms with Gasteiger partial charge in [0.15, 0.2) is 0 Å². The van der Waals surface area contributed by atoms with Gasteiger partial charge in [-0.25, -0.2) is 4.79 Å². The minimum atomic E-state index is -0.860. The van der Waals surface area contributed by atoms with Gasteiger partial charge in [0, 0.05) is 18.8 Å². The second kappa shape index (κ2) is 5.71. The highest BCUT2D eigenvalue weighted by Crippen LogP contribution is 2.20. The Labute approximate surface area is 103 Å². The quantitative estimate of drug-likeness (QED) is 0.852. The lowest BCUT2D eigenvalue weighted by molar-refractivity contribution is 0.0696. The van der Waals surface area contributed by atoms with Gasteiger partial charge in [-0.1, -0.05) is 13.8 Å². The predicted molar refractivity (Wildman–Crippen MR) is 70.9 cm³/mol. The van der Waals surface area contributed by atoms with E-state index in [1.807, 2.05) is 19.1 Å². The zero-order valence-electron chi connectivity index (χ0n) is 11.0. The van der Waals surface area contributed by atoms with Gasteiger partial charge in [0.2, 0.25) is 0 Å². The van der Waals surface area contributed by atoms with E-state index < -0.39 is 5.97 Å². The molecule has 94 valence electrons. The van der Waals surface area contributed by atoms with Gasteiger partial charge in [-0.3, -0.25) is 0 Å². The molecule has 3 nitrogen and oxygen atoms in total. The highest BCUT2D eigenvalue weighted by atomic mass is 16.4. The average molecular weight is 235 g/mol. The lowest BCUT2D eigenvalue weighted by Gasteiger charge is -2.25. The van der Waals surface area contributed by atoms with Crippen molar-refractivity contribution in [2.24, 2.45) is 5.92 Å². The Morgan fingerprint density at radius 2 is 2.06 bits per heavy atom. The summed E-state index contributed by atoms with van der Waals surface area (Å²) in [5, 5.41) is 8.98. The summed E-state index contributed by atoms with van der Waals surface area (Å²) in [5.74, 6) is -0.268. The maximum Gasteiger partial charge on any atom is 0.335 e. The predicted octanol–water partition coefficient (Wildman–Crippen LogP) is 3.18. The Kier molecular flexibility index (Phi) is 4.55. The molecule has 1 aromatic rings. The number of hydrogen-bond donors (Lipinski definition) is 1. The number of aryl methyl sites for hydroxylation is 1. The zero-order chi connectivity index (χ0) is 13.0. The number of rotatable bonds is 5. The molecule has 0 aliphatic rings. The summed E-state index contributed by atoms with van der Waals surface area (Å²) in [5.41, 5.74) is 2.30. The molecule has 1 aromatic carbocycles. The molecule has 0 aromatic heterocycles. The molecular weight excluding hydrogens is 214 g/mol. The van der Waals surface area contributed by atoms with Crippen LogP contribution in [0.15, 0.2) is 18.2 Å². The number of aromatic carboxylic acids is 1. The van der Waals surface area contributed by atoms with Crippen LogP contribution in [0.2, 0.25) is 0 Å². The maximum atomic E-state index is 10.9. The maximum absolute atomic E-state index is 10.9. The standard InChI is InChI=1S/C14H21NO2/c1-5-15(9-10(2)3)12-6-7-13(14(16)17)11(4)8-12/h6-8,10H,5,9H2,1-4H3,(H,16,17). The molecule has 0 unspecified atom stereocenters. The highest BCUT2D eigenvalue weighted by molar-refractivity contribution is 5.89. The summed E-state index contributed by atoms with van der Waals surface area (Å²) in [6.45, 7) is 10.2. The lowest BCUT2D eigenvalue weighted by atomic mass is 10.1. The van der Waals surface area contributed by atoms with Gasteiger partial charge in [0.1, 0.15) is 0 Å². The van der Waals surface area contributed by atoms with Crippen molar-refractivity contribution in [2.75, 3.05) is 18.0 Å². The summed E-state index contributed by atoms with van der Waals surface area (Å²) in [7, 11) is 0. The Morgan fingerprint density at radius 1 is 1.41 bits per heavy atom. The molecule has 0 heterocycles. The van der Waals surface area contributed by atoms with Crippen LogP contribution in [0, 0.1) is 12.8 Å². The Morgan fingerprint density at radius 3 is 2.47 bits per heavy atom. The first-order chi connectivity index (χ1) is 7.95. The SMILES string of the molecule is CCN(CC(C)C)c1ccc(C(=O)O)c(C)c1. The van der Waals surface area contributed by atoms with Gasteiger partial charge >= 0.3 is 5.97 Å². The van der Waals surface area contributed by atoms with E-state index in [9.17, 15) is 4.79 Å². The molecule has 0 amide bonds. The van der Waals surface area contributed by atoms with Gasteiger partial charge in [-0.2, -0.15) is 0 Å². The normalized spacial score (nSPS) is 10.6. The van der Waals surface area contributed by atoms with Crippen molar-refractivity contribution in [3.8, 4) is 0 Å². The fourth-order valence-electron chi connectivity index (χ4n) is 1.94. The van der Waals surface area contributed by atoms with Crippen LogP contribution in [-0.4, -0.2) is 24.2 Å². The fraction of sp³-hybridized carbons (Fsp3) is 0.500. The third-order valence-corrected chi connectivity index (χ3v) is 2.77. The van der Waals surface area contributed by atoms with Gasteiger partial charge in [0.05, 0.1) is 5.56 Å². The van der Waals surface area contributed by atoms with Crippen LogP contribution >= 0.6 is 0 Å². The largest absolute Gasteiger partial charge is 0.478 e. The summed E-state index contributed by atoms with van der Waals surface area (Å²) in [6.07, 6.45) is 0. The van der Waals surface area contributed by atoms with Crippen molar-refractivity contribution >= 4 is 11.7 Å². The molecule has 0 fully saturated rings. The number of hydrogen-bond acceptors (Lipinski definition) is 2. The molecule has 0 aliphatic heterocycles. The van der Waals surface area contributed by atoms with E-state index in [4.69, 9.17) is 5.11 Å². The highest BCUT2D eigenvalue weighted by Gasteiger charge is 2.11. The zero-order valence-corrected chi connectivity index (χ0v) is 11.0. The van der Waals surface area contributed by atoms with E-state index in [2.05, 4.69) is 25.7 Å². The van der Waals surface area contributed by atoms with Crippen LogP contribution < -0.4 is 4.90 Å². The number of carboxylic acid groups (broad SMARTS) is 1. The van der Waals surface area contributed by atoms with Crippen molar-refractivity contribution in [3.05, 3.63) is 29.3 Å². The summed E-state index contributed by atoms with van der Waals surface area (Å²) >= 11 is 0.